The van der Waals surface area contributed by atoms with Crippen LogP contribution in [0.15, 0.2) is 34.6 Å². The molecule has 1 heterocycles. The second-order valence-corrected chi connectivity index (χ2v) is 6.76. The van der Waals surface area contributed by atoms with E-state index in [1.165, 1.54) is 0 Å². The van der Waals surface area contributed by atoms with Crippen molar-refractivity contribution in [2.24, 2.45) is 4.99 Å². The highest BCUT2D eigenvalue weighted by atomic mass is 127. The number of nitrogens with one attached hydrogen (secondary N) is 2. The summed E-state index contributed by atoms with van der Waals surface area (Å²) >= 11 is 1.66. The standard InChI is InChI=1S/C19H28N4O2S.HI/c1-4-25-11-5-10-20-19(22-13-17-14-26-15(2)23-17)21-12-16-6-8-18(24-3)9-7-16;/h6-9,14H,4-5,10-13H2,1-3H3,(H2,20,21,22);1H. The molecule has 0 radical (unpaired) electrons. The molecule has 0 unspecified atom stereocenters. The lowest BCUT2D eigenvalue weighted by molar-refractivity contribution is 0.145. The molecule has 1 aromatic carbocycles. The van der Waals surface area contributed by atoms with E-state index in [2.05, 4.69) is 26.0 Å². The molecule has 0 aliphatic carbocycles. The Hall–Kier alpha value is -1.39. The number of thiazole rings is 1. The zero-order valence-corrected chi connectivity index (χ0v) is 19.3. The number of guanidine groups is 1. The second-order valence-electron chi connectivity index (χ2n) is 5.70. The van der Waals surface area contributed by atoms with Gasteiger partial charge in [0, 0.05) is 25.1 Å². The van der Waals surface area contributed by atoms with Gasteiger partial charge in [0.25, 0.3) is 0 Å². The van der Waals surface area contributed by atoms with Crippen molar-refractivity contribution in [3.8, 4) is 5.75 Å². The lowest BCUT2D eigenvalue weighted by atomic mass is 10.2. The van der Waals surface area contributed by atoms with Crippen LogP contribution in [0, 0.1) is 6.92 Å². The van der Waals surface area contributed by atoms with Gasteiger partial charge in [-0.2, -0.15) is 0 Å². The average Bonchev–Trinajstić information content (AvgIpc) is 3.08. The highest BCUT2D eigenvalue weighted by Gasteiger charge is 2.02. The summed E-state index contributed by atoms with van der Waals surface area (Å²) in [5.41, 5.74) is 2.16. The Morgan fingerprint density at radius 1 is 1.22 bits per heavy atom. The third kappa shape index (κ3) is 9.39. The molecule has 27 heavy (non-hydrogen) atoms. The third-order valence-corrected chi connectivity index (χ3v) is 4.47. The molecule has 0 atom stereocenters. The molecule has 6 nitrogen and oxygen atoms in total. The Bertz CT molecular complexity index is 677. The summed E-state index contributed by atoms with van der Waals surface area (Å²) < 4.78 is 10.6. The van der Waals surface area contributed by atoms with Crippen molar-refractivity contribution < 1.29 is 9.47 Å². The molecule has 0 spiro atoms. The predicted octanol–water partition coefficient (Wildman–Crippen LogP) is 3.74. The van der Waals surface area contributed by atoms with Crippen molar-refractivity contribution in [3.63, 3.8) is 0 Å². The van der Waals surface area contributed by atoms with Crippen LogP contribution in [0.5, 0.6) is 5.75 Å². The minimum absolute atomic E-state index is 0. The first kappa shape index (κ1) is 23.6. The molecule has 0 aliphatic heterocycles. The number of benzene rings is 1. The second kappa shape index (κ2) is 13.7. The topological polar surface area (TPSA) is 67.8 Å². The summed E-state index contributed by atoms with van der Waals surface area (Å²) in [6.45, 7) is 7.58. The zero-order valence-electron chi connectivity index (χ0n) is 16.2. The van der Waals surface area contributed by atoms with Crippen LogP contribution in [0.2, 0.25) is 0 Å². The van der Waals surface area contributed by atoms with E-state index in [1.807, 2.05) is 38.1 Å². The van der Waals surface area contributed by atoms with E-state index in [4.69, 9.17) is 9.47 Å². The first-order valence-corrected chi connectivity index (χ1v) is 9.73. The van der Waals surface area contributed by atoms with Crippen molar-refractivity contribution in [1.82, 2.24) is 15.6 Å². The smallest absolute Gasteiger partial charge is 0.191 e. The Morgan fingerprint density at radius 3 is 2.63 bits per heavy atom. The van der Waals surface area contributed by atoms with Crippen LogP contribution in [-0.2, 0) is 17.8 Å². The van der Waals surface area contributed by atoms with E-state index in [0.29, 0.717) is 13.1 Å². The van der Waals surface area contributed by atoms with E-state index in [0.717, 1.165) is 54.2 Å². The van der Waals surface area contributed by atoms with Gasteiger partial charge in [-0.3, -0.25) is 0 Å². The average molecular weight is 504 g/mol. The highest BCUT2D eigenvalue weighted by Crippen LogP contribution is 2.12. The van der Waals surface area contributed by atoms with Gasteiger partial charge in [-0.1, -0.05) is 12.1 Å². The van der Waals surface area contributed by atoms with Crippen molar-refractivity contribution in [3.05, 3.63) is 45.9 Å². The highest BCUT2D eigenvalue weighted by molar-refractivity contribution is 14.0. The van der Waals surface area contributed by atoms with Gasteiger partial charge in [0.2, 0.25) is 0 Å². The maximum Gasteiger partial charge on any atom is 0.191 e. The quantitative estimate of drug-likeness (QED) is 0.223. The van der Waals surface area contributed by atoms with Gasteiger partial charge in [-0.15, -0.1) is 35.3 Å². The molecule has 150 valence electrons. The number of halogens is 1. The van der Waals surface area contributed by atoms with Gasteiger partial charge >= 0.3 is 0 Å². The largest absolute Gasteiger partial charge is 0.497 e. The Morgan fingerprint density at radius 2 is 2.00 bits per heavy atom. The van der Waals surface area contributed by atoms with Crippen LogP contribution >= 0.6 is 35.3 Å². The summed E-state index contributed by atoms with van der Waals surface area (Å²) in [4.78, 5) is 9.16. The van der Waals surface area contributed by atoms with E-state index >= 15 is 0 Å². The molecular weight excluding hydrogens is 475 g/mol. The maximum atomic E-state index is 5.38. The Balaban J connectivity index is 0.00000364. The van der Waals surface area contributed by atoms with Crippen LogP contribution in [0.4, 0.5) is 0 Å². The van der Waals surface area contributed by atoms with Crippen molar-refractivity contribution >= 4 is 41.3 Å². The molecule has 0 amide bonds. The number of aliphatic imine (C=N–C) groups is 1. The predicted molar refractivity (Wildman–Crippen MR) is 122 cm³/mol. The Labute approximate surface area is 182 Å². The molecule has 1 aromatic heterocycles. The normalized spacial score (nSPS) is 11.0. The molecule has 2 N–H and O–H groups in total. The third-order valence-electron chi connectivity index (χ3n) is 3.64. The molecule has 2 rings (SSSR count). The van der Waals surface area contributed by atoms with Crippen molar-refractivity contribution in [2.75, 3.05) is 26.9 Å². The molecule has 0 fully saturated rings. The van der Waals surface area contributed by atoms with Gasteiger partial charge in [0.05, 0.1) is 30.9 Å². The molecule has 0 bridgehead atoms. The number of nitrogens with zero attached hydrogens (tertiary/aromatic N) is 2. The fourth-order valence-corrected chi connectivity index (χ4v) is 2.88. The van der Waals surface area contributed by atoms with Crippen molar-refractivity contribution in [1.29, 1.82) is 0 Å². The number of hydrogen-bond donors (Lipinski definition) is 2. The number of aryl methyl sites for hydroxylation is 1. The monoisotopic (exact) mass is 504 g/mol. The van der Waals surface area contributed by atoms with Crippen molar-refractivity contribution in [2.45, 2.75) is 33.4 Å². The fourth-order valence-electron chi connectivity index (χ4n) is 2.26. The van der Waals surface area contributed by atoms with Gasteiger partial charge in [0.15, 0.2) is 5.96 Å². The zero-order chi connectivity index (χ0) is 18.6. The van der Waals surface area contributed by atoms with Gasteiger partial charge in [0.1, 0.15) is 5.75 Å². The lowest BCUT2D eigenvalue weighted by Crippen LogP contribution is -2.38. The summed E-state index contributed by atoms with van der Waals surface area (Å²) in [6, 6.07) is 7.95. The van der Waals surface area contributed by atoms with Crippen LogP contribution in [-0.4, -0.2) is 37.8 Å². The van der Waals surface area contributed by atoms with Crippen LogP contribution in [0.25, 0.3) is 0 Å². The summed E-state index contributed by atoms with van der Waals surface area (Å²) in [5.74, 6) is 1.63. The first-order valence-electron chi connectivity index (χ1n) is 8.85. The van der Waals surface area contributed by atoms with Gasteiger partial charge in [-0.25, -0.2) is 9.98 Å². The molecule has 0 aliphatic rings. The number of ether oxygens (including phenoxy) is 2. The number of aromatic nitrogens is 1. The lowest BCUT2D eigenvalue weighted by Gasteiger charge is -2.12. The van der Waals surface area contributed by atoms with E-state index in [9.17, 15) is 0 Å². The molecule has 8 heteroatoms. The van der Waals surface area contributed by atoms with E-state index in [1.54, 1.807) is 18.4 Å². The van der Waals surface area contributed by atoms with Crippen LogP contribution in [0.3, 0.4) is 0 Å². The number of hydrogen-bond acceptors (Lipinski definition) is 5. The molecule has 0 saturated carbocycles. The Kier molecular flexibility index (Phi) is 12.0. The molecular formula is C19H29IN4O2S. The van der Waals surface area contributed by atoms with Crippen LogP contribution < -0.4 is 15.4 Å². The molecule has 0 saturated heterocycles. The minimum Gasteiger partial charge on any atom is -0.497 e. The summed E-state index contributed by atoms with van der Waals surface area (Å²) in [5, 5.41) is 9.85. The molecule has 2 aromatic rings. The SMILES string of the molecule is CCOCCCNC(=NCc1ccc(OC)cc1)NCc1csc(C)n1.I. The summed E-state index contributed by atoms with van der Waals surface area (Å²) in [7, 11) is 1.67. The van der Waals surface area contributed by atoms with Gasteiger partial charge < -0.3 is 20.1 Å². The number of rotatable bonds is 10. The fraction of sp³-hybridized carbons (Fsp3) is 0.474. The first-order chi connectivity index (χ1) is 12.7. The summed E-state index contributed by atoms with van der Waals surface area (Å²) in [6.07, 6.45) is 0.937. The van der Waals surface area contributed by atoms with E-state index in [-0.39, 0.29) is 24.0 Å². The van der Waals surface area contributed by atoms with Gasteiger partial charge in [-0.05, 0) is 38.0 Å². The van der Waals surface area contributed by atoms with E-state index < -0.39 is 0 Å². The number of methoxy groups -OCH3 is 1. The van der Waals surface area contributed by atoms with Crippen LogP contribution in [0.1, 0.15) is 29.6 Å². The minimum atomic E-state index is 0. The maximum absolute atomic E-state index is 5.38.